The van der Waals surface area contributed by atoms with Gasteiger partial charge in [-0.3, -0.25) is 4.79 Å². The second-order valence-electron chi connectivity index (χ2n) is 6.67. The van der Waals surface area contributed by atoms with E-state index >= 15 is 0 Å². The predicted octanol–water partition coefficient (Wildman–Crippen LogP) is 3.78. The third kappa shape index (κ3) is 3.47. The zero-order valence-electron chi connectivity index (χ0n) is 16.0. The largest absolute Gasteiger partial charge is 0.356 e. The van der Waals surface area contributed by atoms with Crippen LogP contribution >= 0.6 is 0 Å². The van der Waals surface area contributed by atoms with Crippen molar-refractivity contribution in [3.8, 4) is 11.1 Å². The molecule has 3 aromatic rings. The molecule has 0 saturated heterocycles. The molecule has 0 aliphatic carbocycles. The van der Waals surface area contributed by atoms with E-state index in [1.807, 2.05) is 36.6 Å². The number of amides is 1. The number of hydrogen-bond donors (Lipinski definition) is 1. The number of carbonyl (C=O) groups is 1. The summed E-state index contributed by atoms with van der Waals surface area (Å²) < 4.78 is 1.92. The number of carbonyl (C=O) groups excluding carboxylic acids is 1. The Morgan fingerprint density at radius 1 is 1.12 bits per heavy atom. The highest BCUT2D eigenvalue weighted by atomic mass is 16.1. The van der Waals surface area contributed by atoms with Gasteiger partial charge in [0.25, 0.3) is 0 Å². The van der Waals surface area contributed by atoms with Crippen molar-refractivity contribution in [2.45, 2.75) is 47.0 Å². The van der Waals surface area contributed by atoms with Crippen molar-refractivity contribution in [3.05, 3.63) is 53.0 Å². The lowest BCUT2D eigenvalue weighted by Crippen LogP contribution is -2.24. The van der Waals surface area contributed by atoms with Crippen LogP contribution < -0.4 is 5.32 Å². The molecule has 0 spiro atoms. The second-order valence-corrected chi connectivity index (χ2v) is 6.67. The number of benzene rings is 1. The Morgan fingerprint density at radius 2 is 1.85 bits per heavy atom. The molecule has 1 aromatic carbocycles. The fourth-order valence-corrected chi connectivity index (χ4v) is 3.36. The van der Waals surface area contributed by atoms with Gasteiger partial charge in [0, 0.05) is 29.9 Å². The molecule has 5 nitrogen and oxygen atoms in total. The van der Waals surface area contributed by atoms with Crippen molar-refractivity contribution in [1.29, 1.82) is 0 Å². The summed E-state index contributed by atoms with van der Waals surface area (Å²) in [5, 5.41) is 7.65. The van der Waals surface area contributed by atoms with E-state index in [9.17, 15) is 4.79 Å². The Kier molecular flexibility index (Phi) is 5.35. The summed E-state index contributed by atoms with van der Waals surface area (Å²) >= 11 is 0. The molecule has 0 atom stereocenters. The molecule has 1 amide bonds. The highest BCUT2D eigenvalue weighted by Crippen LogP contribution is 2.29. The quantitative estimate of drug-likeness (QED) is 0.736. The Labute approximate surface area is 154 Å². The first kappa shape index (κ1) is 18.1. The number of nitrogens with zero attached hydrogens (tertiary/aromatic N) is 3. The van der Waals surface area contributed by atoms with Gasteiger partial charge in [0.15, 0.2) is 5.65 Å². The van der Waals surface area contributed by atoms with E-state index in [0.717, 1.165) is 52.4 Å². The molecule has 0 aliphatic heterocycles. The van der Waals surface area contributed by atoms with Gasteiger partial charge in [-0.15, -0.1) is 0 Å². The van der Waals surface area contributed by atoms with Crippen molar-refractivity contribution in [3.63, 3.8) is 0 Å². The lowest BCUT2D eigenvalue weighted by Gasteiger charge is -2.11. The van der Waals surface area contributed by atoms with Crippen molar-refractivity contribution in [2.24, 2.45) is 0 Å². The monoisotopic (exact) mass is 350 g/mol. The first-order valence-corrected chi connectivity index (χ1v) is 9.20. The first-order valence-electron chi connectivity index (χ1n) is 9.20. The molecule has 26 heavy (non-hydrogen) atoms. The lowest BCUT2D eigenvalue weighted by molar-refractivity contribution is -0.121. The van der Waals surface area contributed by atoms with Crippen LogP contribution in [-0.2, 0) is 11.2 Å². The van der Waals surface area contributed by atoms with Gasteiger partial charge < -0.3 is 5.32 Å². The second kappa shape index (κ2) is 7.68. The molecule has 3 rings (SSSR count). The van der Waals surface area contributed by atoms with Crippen LogP contribution in [0.1, 0.15) is 42.4 Å². The Hall–Kier alpha value is -2.69. The third-order valence-corrected chi connectivity index (χ3v) is 4.74. The van der Waals surface area contributed by atoms with E-state index in [2.05, 4.69) is 31.3 Å². The maximum Gasteiger partial charge on any atom is 0.220 e. The smallest absolute Gasteiger partial charge is 0.220 e. The van der Waals surface area contributed by atoms with E-state index < -0.39 is 0 Å². The van der Waals surface area contributed by atoms with E-state index in [1.165, 1.54) is 0 Å². The standard InChI is InChI=1S/C21H26N4O/c1-5-13-22-19(26)12-11-18-14(2)23-21-20(17-9-7-6-8-10-17)15(3)24-25(21)16(18)4/h6-10H,5,11-13H2,1-4H3,(H,22,26). The molecule has 1 N–H and O–H groups in total. The van der Waals surface area contributed by atoms with Crippen molar-refractivity contribution >= 4 is 11.6 Å². The summed E-state index contributed by atoms with van der Waals surface area (Å²) in [6, 6.07) is 10.2. The van der Waals surface area contributed by atoms with Crippen LogP contribution in [0.25, 0.3) is 16.8 Å². The number of nitrogens with one attached hydrogen (secondary N) is 1. The van der Waals surface area contributed by atoms with Crippen molar-refractivity contribution in [1.82, 2.24) is 19.9 Å². The minimum absolute atomic E-state index is 0.0902. The van der Waals surface area contributed by atoms with Gasteiger partial charge in [-0.1, -0.05) is 37.3 Å². The highest BCUT2D eigenvalue weighted by Gasteiger charge is 2.18. The Morgan fingerprint density at radius 3 is 2.54 bits per heavy atom. The summed E-state index contributed by atoms with van der Waals surface area (Å²) in [5.74, 6) is 0.0902. The molecule has 2 heterocycles. The third-order valence-electron chi connectivity index (χ3n) is 4.74. The number of aromatic nitrogens is 3. The zero-order chi connectivity index (χ0) is 18.7. The SMILES string of the molecule is CCCNC(=O)CCc1c(C)nc2c(-c3ccccc3)c(C)nn2c1C. The summed E-state index contributed by atoms with van der Waals surface area (Å²) in [6.07, 6.45) is 2.10. The molecule has 0 aliphatic rings. The Balaban J connectivity index is 1.98. The van der Waals surface area contributed by atoms with Crippen LogP contribution in [-0.4, -0.2) is 27.0 Å². The van der Waals surface area contributed by atoms with Gasteiger partial charge in [-0.05, 0) is 44.7 Å². The minimum Gasteiger partial charge on any atom is -0.356 e. The van der Waals surface area contributed by atoms with Crippen LogP contribution in [0.4, 0.5) is 0 Å². The van der Waals surface area contributed by atoms with Gasteiger partial charge in [0.2, 0.25) is 5.91 Å². The molecule has 136 valence electrons. The molecule has 0 fully saturated rings. The topological polar surface area (TPSA) is 59.3 Å². The zero-order valence-corrected chi connectivity index (χ0v) is 16.0. The van der Waals surface area contributed by atoms with Crippen LogP contribution in [0.2, 0.25) is 0 Å². The van der Waals surface area contributed by atoms with E-state index in [1.54, 1.807) is 0 Å². The average molecular weight is 350 g/mol. The Bertz CT molecular complexity index is 928. The van der Waals surface area contributed by atoms with Gasteiger partial charge in [0.1, 0.15) is 0 Å². The highest BCUT2D eigenvalue weighted by molar-refractivity contribution is 5.80. The van der Waals surface area contributed by atoms with E-state index in [0.29, 0.717) is 12.8 Å². The fourth-order valence-electron chi connectivity index (χ4n) is 3.36. The van der Waals surface area contributed by atoms with Crippen molar-refractivity contribution < 1.29 is 4.79 Å². The number of fused-ring (bicyclic) bond motifs is 1. The molecule has 5 heteroatoms. The molecule has 0 saturated carbocycles. The van der Waals surface area contributed by atoms with Gasteiger partial charge in [0.05, 0.1) is 5.69 Å². The molecule has 0 unspecified atom stereocenters. The summed E-state index contributed by atoms with van der Waals surface area (Å²) in [6.45, 7) is 8.87. The van der Waals surface area contributed by atoms with E-state index in [-0.39, 0.29) is 5.91 Å². The van der Waals surface area contributed by atoms with Crippen LogP contribution in [0, 0.1) is 20.8 Å². The molecular formula is C21H26N4O. The molecule has 0 bridgehead atoms. The summed E-state index contributed by atoms with van der Waals surface area (Å²) in [7, 11) is 0. The van der Waals surface area contributed by atoms with Crippen LogP contribution in [0.15, 0.2) is 30.3 Å². The van der Waals surface area contributed by atoms with E-state index in [4.69, 9.17) is 10.1 Å². The number of hydrogen-bond acceptors (Lipinski definition) is 3. The molecule has 2 aromatic heterocycles. The summed E-state index contributed by atoms with van der Waals surface area (Å²) in [4.78, 5) is 16.8. The van der Waals surface area contributed by atoms with Crippen molar-refractivity contribution in [2.75, 3.05) is 6.54 Å². The molecule has 0 radical (unpaired) electrons. The maximum absolute atomic E-state index is 12.0. The van der Waals surface area contributed by atoms with Crippen LogP contribution in [0.5, 0.6) is 0 Å². The lowest BCUT2D eigenvalue weighted by atomic mass is 10.0. The number of aryl methyl sites for hydroxylation is 3. The van der Waals surface area contributed by atoms with Gasteiger partial charge >= 0.3 is 0 Å². The van der Waals surface area contributed by atoms with Gasteiger partial charge in [-0.2, -0.15) is 5.10 Å². The minimum atomic E-state index is 0.0902. The number of rotatable bonds is 6. The first-order chi connectivity index (χ1) is 12.5. The fraction of sp³-hybridized carbons (Fsp3) is 0.381. The van der Waals surface area contributed by atoms with Gasteiger partial charge in [-0.25, -0.2) is 9.50 Å². The average Bonchev–Trinajstić information content (AvgIpc) is 2.96. The molecular weight excluding hydrogens is 324 g/mol. The summed E-state index contributed by atoms with van der Waals surface area (Å²) in [5.41, 5.74) is 7.16. The predicted molar refractivity (Wildman–Crippen MR) is 104 cm³/mol. The normalized spacial score (nSPS) is 11.1. The maximum atomic E-state index is 12.0. The van der Waals surface area contributed by atoms with Crippen LogP contribution in [0.3, 0.4) is 0 Å².